The predicted octanol–water partition coefficient (Wildman–Crippen LogP) is 2.29. The van der Waals surface area contributed by atoms with Crippen molar-refractivity contribution in [3.8, 4) is 0 Å². The fourth-order valence-electron chi connectivity index (χ4n) is 1.87. The summed E-state index contributed by atoms with van der Waals surface area (Å²) in [6.45, 7) is 2.02. The lowest BCUT2D eigenvalue weighted by atomic mass is 10.2. The minimum atomic E-state index is 0.0317. The van der Waals surface area contributed by atoms with E-state index < -0.39 is 0 Å². The first-order valence-electron chi connectivity index (χ1n) is 6.94. The molecule has 0 bridgehead atoms. The SMILES string of the molecule is NCc1cccc(NC(=O)CCCOCC2CC2)c1. The minimum absolute atomic E-state index is 0.0317. The molecule has 3 N–H and O–H groups in total. The van der Waals surface area contributed by atoms with Crippen molar-refractivity contribution in [2.75, 3.05) is 18.5 Å². The Bertz CT molecular complexity index is 416. The van der Waals surface area contributed by atoms with Gasteiger partial charge in [-0.25, -0.2) is 0 Å². The van der Waals surface area contributed by atoms with Crippen LogP contribution in [0.5, 0.6) is 0 Å². The normalized spacial score (nSPS) is 14.4. The van der Waals surface area contributed by atoms with Gasteiger partial charge in [0.25, 0.3) is 0 Å². The van der Waals surface area contributed by atoms with Gasteiger partial charge in [0.15, 0.2) is 0 Å². The van der Waals surface area contributed by atoms with Crippen molar-refractivity contribution in [1.29, 1.82) is 0 Å². The van der Waals surface area contributed by atoms with E-state index in [0.717, 1.165) is 30.2 Å². The maximum atomic E-state index is 11.7. The van der Waals surface area contributed by atoms with Crippen LogP contribution < -0.4 is 11.1 Å². The van der Waals surface area contributed by atoms with Crippen LogP contribution in [0.15, 0.2) is 24.3 Å². The molecule has 104 valence electrons. The summed E-state index contributed by atoms with van der Waals surface area (Å²) >= 11 is 0. The van der Waals surface area contributed by atoms with Gasteiger partial charge in [0, 0.05) is 31.9 Å². The lowest BCUT2D eigenvalue weighted by Gasteiger charge is -2.07. The second-order valence-corrected chi connectivity index (χ2v) is 5.07. The quantitative estimate of drug-likeness (QED) is 0.706. The predicted molar refractivity (Wildman–Crippen MR) is 75.7 cm³/mol. The van der Waals surface area contributed by atoms with E-state index in [2.05, 4.69) is 5.32 Å². The van der Waals surface area contributed by atoms with Crippen LogP contribution in [-0.2, 0) is 16.1 Å². The number of ether oxygens (including phenoxy) is 1. The summed E-state index contributed by atoms with van der Waals surface area (Å²) in [7, 11) is 0. The molecule has 1 aromatic carbocycles. The highest BCUT2D eigenvalue weighted by Gasteiger charge is 2.20. The Kier molecular flexibility index (Phi) is 5.36. The largest absolute Gasteiger partial charge is 0.381 e. The van der Waals surface area contributed by atoms with Gasteiger partial charge < -0.3 is 15.8 Å². The Morgan fingerprint density at radius 2 is 2.26 bits per heavy atom. The van der Waals surface area contributed by atoms with E-state index in [1.165, 1.54) is 12.8 Å². The van der Waals surface area contributed by atoms with Gasteiger partial charge in [-0.3, -0.25) is 4.79 Å². The summed E-state index contributed by atoms with van der Waals surface area (Å²) in [6.07, 6.45) is 3.88. The Balaban J connectivity index is 1.62. The molecule has 1 aliphatic rings. The van der Waals surface area contributed by atoms with E-state index in [-0.39, 0.29) is 5.91 Å². The molecule has 0 spiro atoms. The van der Waals surface area contributed by atoms with Crippen molar-refractivity contribution >= 4 is 11.6 Å². The molecular formula is C15H22N2O2. The molecule has 4 nitrogen and oxygen atoms in total. The molecule has 0 heterocycles. The topological polar surface area (TPSA) is 64.3 Å². The van der Waals surface area contributed by atoms with Gasteiger partial charge >= 0.3 is 0 Å². The number of carbonyl (C=O) groups excluding carboxylic acids is 1. The Morgan fingerprint density at radius 3 is 3.00 bits per heavy atom. The third-order valence-electron chi connectivity index (χ3n) is 3.19. The lowest BCUT2D eigenvalue weighted by Crippen LogP contribution is -2.13. The highest BCUT2D eigenvalue weighted by Crippen LogP contribution is 2.28. The van der Waals surface area contributed by atoms with Gasteiger partial charge in [0.1, 0.15) is 0 Å². The van der Waals surface area contributed by atoms with E-state index in [1.54, 1.807) is 0 Å². The molecule has 0 atom stereocenters. The van der Waals surface area contributed by atoms with E-state index in [4.69, 9.17) is 10.5 Å². The molecule has 4 heteroatoms. The van der Waals surface area contributed by atoms with E-state index in [1.807, 2.05) is 24.3 Å². The second-order valence-electron chi connectivity index (χ2n) is 5.07. The molecule has 1 fully saturated rings. The average molecular weight is 262 g/mol. The third kappa shape index (κ3) is 5.41. The fraction of sp³-hybridized carbons (Fsp3) is 0.533. The molecular weight excluding hydrogens is 240 g/mol. The van der Waals surface area contributed by atoms with E-state index >= 15 is 0 Å². The van der Waals surface area contributed by atoms with Crippen LogP contribution >= 0.6 is 0 Å². The second kappa shape index (κ2) is 7.26. The van der Waals surface area contributed by atoms with Crippen molar-refractivity contribution in [1.82, 2.24) is 0 Å². The number of nitrogens with one attached hydrogen (secondary N) is 1. The van der Waals surface area contributed by atoms with Crippen molar-refractivity contribution in [2.45, 2.75) is 32.2 Å². The zero-order valence-corrected chi connectivity index (χ0v) is 11.2. The first kappa shape index (κ1) is 14.0. The smallest absolute Gasteiger partial charge is 0.224 e. The molecule has 1 saturated carbocycles. The zero-order valence-electron chi connectivity index (χ0n) is 11.2. The monoisotopic (exact) mass is 262 g/mol. The molecule has 1 aliphatic carbocycles. The molecule has 1 amide bonds. The lowest BCUT2D eigenvalue weighted by molar-refractivity contribution is -0.116. The number of benzene rings is 1. The molecule has 1 aromatic rings. The highest BCUT2D eigenvalue weighted by atomic mass is 16.5. The molecule has 0 aliphatic heterocycles. The maximum absolute atomic E-state index is 11.7. The molecule has 0 unspecified atom stereocenters. The standard InChI is InChI=1S/C15H22N2O2/c16-10-13-3-1-4-14(9-13)17-15(18)5-2-8-19-11-12-6-7-12/h1,3-4,9,12H,2,5-8,10-11,16H2,(H,17,18). The van der Waals surface area contributed by atoms with Crippen molar-refractivity contribution in [3.63, 3.8) is 0 Å². The molecule has 19 heavy (non-hydrogen) atoms. The summed E-state index contributed by atoms with van der Waals surface area (Å²) in [6, 6.07) is 7.63. The number of hydrogen-bond donors (Lipinski definition) is 2. The minimum Gasteiger partial charge on any atom is -0.381 e. The van der Waals surface area contributed by atoms with Crippen LogP contribution in [0.1, 0.15) is 31.2 Å². The first-order valence-corrected chi connectivity index (χ1v) is 6.94. The van der Waals surface area contributed by atoms with Crippen molar-refractivity contribution in [3.05, 3.63) is 29.8 Å². The van der Waals surface area contributed by atoms with Crippen molar-refractivity contribution < 1.29 is 9.53 Å². The van der Waals surface area contributed by atoms with Crippen LogP contribution in [-0.4, -0.2) is 19.1 Å². The van der Waals surface area contributed by atoms with Crippen molar-refractivity contribution in [2.24, 2.45) is 11.7 Å². The fourth-order valence-corrected chi connectivity index (χ4v) is 1.87. The average Bonchev–Trinajstić information content (AvgIpc) is 3.22. The summed E-state index contributed by atoms with van der Waals surface area (Å²) in [4.78, 5) is 11.7. The molecule has 2 rings (SSSR count). The molecule has 0 aromatic heterocycles. The molecule has 0 radical (unpaired) electrons. The number of anilines is 1. The van der Waals surface area contributed by atoms with Gasteiger partial charge in [0.2, 0.25) is 5.91 Å². The maximum Gasteiger partial charge on any atom is 0.224 e. The van der Waals surface area contributed by atoms with Crippen LogP contribution in [0, 0.1) is 5.92 Å². The van der Waals surface area contributed by atoms with Crippen LogP contribution in [0.25, 0.3) is 0 Å². The van der Waals surface area contributed by atoms with Gasteiger partial charge in [-0.15, -0.1) is 0 Å². The van der Waals surface area contributed by atoms with Gasteiger partial charge in [-0.05, 0) is 42.9 Å². The first-order chi connectivity index (χ1) is 9.28. The summed E-state index contributed by atoms with van der Waals surface area (Å²) in [5, 5.41) is 2.88. The molecule has 0 saturated heterocycles. The Morgan fingerprint density at radius 1 is 1.42 bits per heavy atom. The highest BCUT2D eigenvalue weighted by molar-refractivity contribution is 5.90. The van der Waals surface area contributed by atoms with Crippen LogP contribution in [0.2, 0.25) is 0 Å². The van der Waals surface area contributed by atoms with E-state index in [0.29, 0.717) is 19.6 Å². The zero-order chi connectivity index (χ0) is 13.5. The van der Waals surface area contributed by atoms with Gasteiger partial charge in [0.05, 0.1) is 0 Å². The summed E-state index contributed by atoms with van der Waals surface area (Å²) in [5.74, 6) is 0.817. The number of rotatable bonds is 8. The number of hydrogen-bond acceptors (Lipinski definition) is 3. The number of amides is 1. The third-order valence-corrected chi connectivity index (χ3v) is 3.19. The number of carbonyl (C=O) groups is 1. The number of nitrogens with two attached hydrogens (primary N) is 1. The summed E-state index contributed by atoms with van der Waals surface area (Å²) < 4.78 is 5.50. The van der Waals surface area contributed by atoms with Crippen LogP contribution in [0.3, 0.4) is 0 Å². The van der Waals surface area contributed by atoms with Gasteiger partial charge in [-0.2, -0.15) is 0 Å². The van der Waals surface area contributed by atoms with Gasteiger partial charge in [-0.1, -0.05) is 12.1 Å². The summed E-state index contributed by atoms with van der Waals surface area (Å²) in [5.41, 5.74) is 7.39. The Labute approximate surface area is 114 Å². The van der Waals surface area contributed by atoms with E-state index in [9.17, 15) is 4.79 Å². The van der Waals surface area contributed by atoms with Crippen LogP contribution in [0.4, 0.5) is 5.69 Å². The Hall–Kier alpha value is -1.39.